The van der Waals surface area contributed by atoms with Crippen molar-refractivity contribution in [1.82, 2.24) is 4.57 Å². The second kappa shape index (κ2) is 4.44. The first kappa shape index (κ1) is 11.8. The number of benzene rings is 2. The van der Waals surface area contributed by atoms with E-state index in [1.165, 1.54) is 22.8 Å². The Balaban J connectivity index is 2.44. The van der Waals surface area contributed by atoms with Crippen molar-refractivity contribution in [3.63, 3.8) is 0 Å². The molecule has 0 bridgehead atoms. The van der Waals surface area contributed by atoms with Crippen LogP contribution in [0.25, 0.3) is 16.7 Å². The van der Waals surface area contributed by atoms with Gasteiger partial charge in [0.1, 0.15) is 16.0 Å². The van der Waals surface area contributed by atoms with Crippen LogP contribution in [0.15, 0.2) is 57.7 Å². The fourth-order valence-corrected chi connectivity index (χ4v) is 2.24. The lowest BCUT2D eigenvalue weighted by Gasteiger charge is -2.06. The van der Waals surface area contributed by atoms with Crippen molar-refractivity contribution in [3.8, 4) is 5.69 Å². The van der Waals surface area contributed by atoms with Gasteiger partial charge in [-0.2, -0.15) is 0 Å². The molecule has 0 radical (unpaired) electrons. The minimum absolute atomic E-state index is 0.233. The summed E-state index contributed by atoms with van der Waals surface area (Å²) in [6.45, 7) is 0. The van der Waals surface area contributed by atoms with Crippen molar-refractivity contribution in [1.29, 1.82) is 0 Å². The maximum Gasteiger partial charge on any atom is 0.425 e. The summed E-state index contributed by atoms with van der Waals surface area (Å²) in [7, 11) is 0. The molecule has 0 amide bonds. The molecule has 0 aliphatic carbocycles. The van der Waals surface area contributed by atoms with E-state index in [-0.39, 0.29) is 10.2 Å². The van der Waals surface area contributed by atoms with Crippen LogP contribution in [0.2, 0.25) is 0 Å². The van der Waals surface area contributed by atoms with Crippen molar-refractivity contribution in [2.75, 3.05) is 0 Å². The van der Waals surface area contributed by atoms with Crippen molar-refractivity contribution in [2.45, 2.75) is 0 Å². The van der Waals surface area contributed by atoms with Crippen LogP contribution in [0, 0.1) is 10.5 Å². The number of hydrogen-bond donors (Lipinski definition) is 0. The molecule has 0 unspecified atom stereocenters. The van der Waals surface area contributed by atoms with Gasteiger partial charge in [0, 0.05) is 0 Å². The first-order valence-electron chi connectivity index (χ1n) is 5.58. The summed E-state index contributed by atoms with van der Waals surface area (Å²) in [5.74, 6) is -1.01. The van der Waals surface area contributed by atoms with Crippen LogP contribution in [0.4, 0.5) is 4.39 Å². The Labute approximate surface area is 112 Å². The van der Waals surface area contributed by atoms with Gasteiger partial charge in [-0.3, -0.25) is 0 Å². The molecule has 0 saturated carbocycles. The lowest BCUT2D eigenvalue weighted by molar-refractivity contribution is 0.506. The predicted molar refractivity (Wildman–Crippen MR) is 72.6 cm³/mol. The van der Waals surface area contributed by atoms with Gasteiger partial charge >= 0.3 is 5.76 Å². The van der Waals surface area contributed by atoms with Gasteiger partial charge in [0.2, 0.25) is 0 Å². The molecule has 5 heteroatoms. The lowest BCUT2D eigenvalue weighted by atomic mass is 10.2. The Morgan fingerprint density at radius 1 is 1.11 bits per heavy atom. The average Bonchev–Trinajstić information content (AvgIpc) is 2.41. The van der Waals surface area contributed by atoms with E-state index in [2.05, 4.69) is 0 Å². The Hall–Kier alpha value is -2.27. The molecule has 0 spiro atoms. The molecule has 0 atom stereocenters. The molecule has 2 aromatic carbocycles. The molecule has 3 aromatic rings. The Morgan fingerprint density at radius 3 is 2.58 bits per heavy atom. The van der Waals surface area contributed by atoms with E-state index in [0.29, 0.717) is 11.1 Å². The minimum Gasteiger partial charge on any atom is -0.409 e. The number of para-hydroxylation sites is 1. The summed E-state index contributed by atoms with van der Waals surface area (Å²) in [6, 6.07) is 12.8. The molecule has 0 saturated heterocycles. The Kier molecular flexibility index (Phi) is 2.76. The summed E-state index contributed by atoms with van der Waals surface area (Å²) >= 11 is 5.26. The number of nitrogens with zero attached hydrogens (tertiary/aromatic N) is 1. The molecule has 0 aliphatic heterocycles. The number of aromatic nitrogens is 1. The number of halogens is 1. The highest BCUT2D eigenvalue weighted by molar-refractivity contribution is 7.71. The lowest BCUT2D eigenvalue weighted by Crippen LogP contribution is -2.17. The smallest absolute Gasteiger partial charge is 0.409 e. The number of hydrogen-bond acceptors (Lipinski definition) is 3. The van der Waals surface area contributed by atoms with Crippen LogP contribution in [0.1, 0.15) is 0 Å². The van der Waals surface area contributed by atoms with Gasteiger partial charge < -0.3 is 4.42 Å². The monoisotopic (exact) mass is 273 g/mol. The van der Waals surface area contributed by atoms with Gasteiger partial charge in [-0.05, 0) is 30.3 Å². The first-order chi connectivity index (χ1) is 9.16. The largest absolute Gasteiger partial charge is 0.425 e. The molecule has 0 N–H and O–H groups in total. The zero-order valence-corrected chi connectivity index (χ0v) is 10.5. The van der Waals surface area contributed by atoms with Gasteiger partial charge in [-0.25, -0.2) is 13.8 Å². The van der Waals surface area contributed by atoms with E-state index >= 15 is 0 Å². The number of fused-ring (bicyclic) bond motifs is 1. The Morgan fingerprint density at radius 2 is 1.84 bits per heavy atom. The summed E-state index contributed by atoms with van der Waals surface area (Å²) in [6.07, 6.45) is 0. The summed E-state index contributed by atoms with van der Waals surface area (Å²) in [5.41, 5.74) is 0.871. The molecule has 1 aromatic heterocycles. The van der Waals surface area contributed by atoms with E-state index in [1.54, 1.807) is 24.3 Å². The van der Waals surface area contributed by atoms with Crippen molar-refractivity contribution in [3.05, 3.63) is 69.5 Å². The highest BCUT2D eigenvalue weighted by Gasteiger charge is 2.09. The molecular weight excluding hydrogens is 265 g/mol. The highest BCUT2D eigenvalue weighted by atomic mass is 32.1. The van der Waals surface area contributed by atoms with E-state index in [9.17, 15) is 9.18 Å². The molecule has 0 aliphatic rings. The summed E-state index contributed by atoms with van der Waals surface area (Å²) in [4.78, 5) is 12.0. The molecule has 3 rings (SSSR count). The fraction of sp³-hybridized carbons (Fsp3) is 0. The quantitative estimate of drug-likeness (QED) is 0.637. The second-order valence-corrected chi connectivity index (χ2v) is 4.37. The van der Waals surface area contributed by atoms with Crippen molar-refractivity contribution in [2.24, 2.45) is 0 Å². The predicted octanol–water partition coefficient (Wildman–Crippen LogP) is 3.45. The fourth-order valence-electron chi connectivity index (χ4n) is 1.90. The van der Waals surface area contributed by atoms with E-state index in [0.717, 1.165) is 0 Å². The Bertz CT molecular complexity index is 868. The van der Waals surface area contributed by atoms with Crippen LogP contribution in [-0.4, -0.2) is 4.57 Å². The summed E-state index contributed by atoms with van der Waals surface area (Å²) < 4.78 is 19.9. The highest BCUT2D eigenvalue weighted by Crippen LogP contribution is 2.17. The molecule has 1 heterocycles. The normalized spacial score (nSPS) is 10.8. The van der Waals surface area contributed by atoms with Crippen LogP contribution in [0.5, 0.6) is 0 Å². The van der Waals surface area contributed by atoms with Crippen LogP contribution in [0.3, 0.4) is 0 Å². The van der Waals surface area contributed by atoms with Gasteiger partial charge in [0.25, 0.3) is 0 Å². The van der Waals surface area contributed by atoms with Gasteiger partial charge in [-0.15, -0.1) is 0 Å². The number of rotatable bonds is 1. The van der Waals surface area contributed by atoms with Crippen molar-refractivity contribution >= 4 is 23.2 Å². The topological polar surface area (TPSA) is 35.1 Å². The molecule has 3 nitrogen and oxygen atoms in total. The van der Waals surface area contributed by atoms with E-state index < -0.39 is 11.6 Å². The third kappa shape index (κ3) is 1.98. The summed E-state index contributed by atoms with van der Waals surface area (Å²) in [5, 5.41) is 0.401. The molecule has 94 valence electrons. The van der Waals surface area contributed by atoms with Gasteiger partial charge in [0.05, 0.1) is 11.1 Å². The molecule has 0 fully saturated rings. The van der Waals surface area contributed by atoms with E-state index in [1.807, 2.05) is 6.07 Å². The molecule has 19 heavy (non-hydrogen) atoms. The molecular formula is C14H8FNO2S. The van der Waals surface area contributed by atoms with Crippen LogP contribution in [-0.2, 0) is 0 Å². The van der Waals surface area contributed by atoms with Crippen LogP contribution < -0.4 is 5.76 Å². The first-order valence-corrected chi connectivity index (χ1v) is 5.98. The SMILES string of the molecule is O=c1oc2ccc(F)cc2c(=S)n1-c1ccccc1. The average molecular weight is 273 g/mol. The second-order valence-electron chi connectivity index (χ2n) is 3.98. The zero-order chi connectivity index (χ0) is 13.4. The van der Waals surface area contributed by atoms with Gasteiger partial charge in [0.15, 0.2) is 0 Å². The van der Waals surface area contributed by atoms with Crippen molar-refractivity contribution < 1.29 is 8.81 Å². The van der Waals surface area contributed by atoms with Gasteiger partial charge in [-0.1, -0.05) is 30.4 Å². The zero-order valence-electron chi connectivity index (χ0n) is 9.67. The third-order valence-corrected chi connectivity index (χ3v) is 3.17. The minimum atomic E-state index is -0.588. The third-order valence-electron chi connectivity index (χ3n) is 2.77. The maximum absolute atomic E-state index is 13.3. The van der Waals surface area contributed by atoms with Crippen LogP contribution >= 0.6 is 12.2 Å². The van der Waals surface area contributed by atoms with E-state index in [4.69, 9.17) is 16.6 Å². The standard InChI is InChI=1S/C14H8FNO2S/c15-9-6-7-12-11(8-9)13(19)16(14(17)18-12)10-4-2-1-3-5-10/h1-8H. The maximum atomic E-state index is 13.3.